The first-order valence-electron chi connectivity index (χ1n) is 6.51. The molecule has 0 saturated heterocycles. The van der Waals surface area contributed by atoms with Crippen LogP contribution in [0.5, 0.6) is 0 Å². The van der Waals surface area contributed by atoms with E-state index < -0.39 is 23.1 Å². The number of halogens is 4. The maximum absolute atomic E-state index is 14.0. The number of aromatic nitrogens is 2. The molecule has 0 spiro atoms. The number of nitrogens with one attached hydrogen (secondary N) is 1. The van der Waals surface area contributed by atoms with Crippen LogP contribution in [0.4, 0.5) is 19.0 Å². The molecular formula is C14H15ClF3N3. The molecule has 2 aromatic rings. The second kappa shape index (κ2) is 5.97. The van der Waals surface area contributed by atoms with Crippen molar-refractivity contribution in [2.45, 2.75) is 33.2 Å². The first kappa shape index (κ1) is 15.7. The SMILES string of the molecule is CCC(C)Nc1c(C)nc(Cl)n1-c1c(F)cc(F)cc1F. The number of aryl methyl sites for hydroxylation is 1. The molecule has 1 aromatic heterocycles. The molecule has 1 N–H and O–H groups in total. The molecule has 1 unspecified atom stereocenters. The number of benzene rings is 1. The van der Waals surface area contributed by atoms with Crippen LogP contribution in [0.1, 0.15) is 26.0 Å². The standard InChI is InChI=1S/C14H15ClF3N3/c1-4-7(2)19-13-8(3)20-14(15)21(13)12-10(17)5-9(16)6-11(12)18/h5-7,19H,4H2,1-3H3. The molecule has 0 aliphatic carbocycles. The van der Waals surface area contributed by atoms with Crippen LogP contribution in [0.2, 0.25) is 5.28 Å². The molecule has 0 fully saturated rings. The van der Waals surface area contributed by atoms with Crippen molar-refractivity contribution in [1.82, 2.24) is 9.55 Å². The van der Waals surface area contributed by atoms with Gasteiger partial charge in [0, 0.05) is 18.2 Å². The quantitative estimate of drug-likeness (QED) is 0.902. The van der Waals surface area contributed by atoms with Crippen LogP contribution < -0.4 is 5.32 Å². The monoisotopic (exact) mass is 317 g/mol. The van der Waals surface area contributed by atoms with Gasteiger partial charge in [0.2, 0.25) is 5.28 Å². The van der Waals surface area contributed by atoms with E-state index in [4.69, 9.17) is 11.6 Å². The third-order valence-electron chi connectivity index (χ3n) is 3.21. The molecular weight excluding hydrogens is 303 g/mol. The third-order valence-corrected chi connectivity index (χ3v) is 3.47. The van der Waals surface area contributed by atoms with Gasteiger partial charge >= 0.3 is 0 Å². The van der Waals surface area contributed by atoms with E-state index in [-0.39, 0.29) is 11.3 Å². The van der Waals surface area contributed by atoms with Crippen molar-refractivity contribution in [3.63, 3.8) is 0 Å². The zero-order chi connectivity index (χ0) is 15.7. The van der Waals surface area contributed by atoms with Crippen LogP contribution in [0, 0.1) is 24.4 Å². The van der Waals surface area contributed by atoms with Crippen LogP contribution in [0.25, 0.3) is 5.69 Å². The fourth-order valence-corrected chi connectivity index (χ4v) is 2.25. The molecule has 1 aromatic carbocycles. The largest absolute Gasteiger partial charge is 0.367 e. The van der Waals surface area contributed by atoms with E-state index in [1.807, 2.05) is 13.8 Å². The summed E-state index contributed by atoms with van der Waals surface area (Å²) in [5, 5.41) is 3.01. The Labute approximate surface area is 125 Å². The highest BCUT2D eigenvalue weighted by atomic mass is 35.5. The maximum atomic E-state index is 14.0. The second-order valence-electron chi connectivity index (χ2n) is 4.82. The van der Waals surface area contributed by atoms with Gasteiger partial charge in [0.15, 0.2) is 11.6 Å². The predicted molar refractivity (Wildman–Crippen MR) is 76.6 cm³/mol. The summed E-state index contributed by atoms with van der Waals surface area (Å²) in [4.78, 5) is 4.02. The minimum absolute atomic E-state index is 0.0572. The minimum atomic E-state index is -1.04. The average molecular weight is 318 g/mol. The van der Waals surface area contributed by atoms with E-state index in [2.05, 4.69) is 10.3 Å². The predicted octanol–water partition coefficient (Wildman–Crippen LogP) is 4.46. The zero-order valence-corrected chi connectivity index (χ0v) is 12.6. The summed E-state index contributed by atoms with van der Waals surface area (Å²) in [5.74, 6) is -2.69. The summed E-state index contributed by atoms with van der Waals surface area (Å²) < 4.78 is 42.1. The van der Waals surface area contributed by atoms with Gasteiger partial charge in [-0.2, -0.15) is 0 Å². The Morgan fingerprint density at radius 3 is 2.38 bits per heavy atom. The highest BCUT2D eigenvalue weighted by molar-refractivity contribution is 6.29. The Kier molecular flexibility index (Phi) is 4.46. The van der Waals surface area contributed by atoms with Gasteiger partial charge in [0.25, 0.3) is 0 Å². The van der Waals surface area contributed by atoms with Crippen molar-refractivity contribution < 1.29 is 13.2 Å². The third kappa shape index (κ3) is 3.00. The minimum Gasteiger partial charge on any atom is -0.367 e. The Bertz CT molecular complexity index is 647. The summed E-state index contributed by atoms with van der Waals surface area (Å²) in [6.07, 6.45) is 0.802. The molecule has 114 valence electrons. The normalized spacial score (nSPS) is 12.5. The zero-order valence-electron chi connectivity index (χ0n) is 11.8. The van der Waals surface area contributed by atoms with Gasteiger partial charge in [-0.1, -0.05) is 6.92 Å². The van der Waals surface area contributed by atoms with E-state index in [9.17, 15) is 13.2 Å². The van der Waals surface area contributed by atoms with E-state index in [1.165, 1.54) is 0 Å². The fourth-order valence-electron chi connectivity index (χ4n) is 1.95. The molecule has 1 atom stereocenters. The highest BCUT2D eigenvalue weighted by Gasteiger charge is 2.22. The Balaban J connectivity index is 2.64. The van der Waals surface area contributed by atoms with Gasteiger partial charge in [-0.3, -0.25) is 4.57 Å². The molecule has 2 rings (SSSR count). The summed E-state index contributed by atoms with van der Waals surface area (Å²) in [5.41, 5.74) is 0.0521. The van der Waals surface area contributed by atoms with Crippen LogP contribution in [-0.4, -0.2) is 15.6 Å². The van der Waals surface area contributed by atoms with Gasteiger partial charge in [-0.05, 0) is 31.9 Å². The number of nitrogens with zero attached hydrogens (tertiary/aromatic N) is 2. The first-order chi connectivity index (χ1) is 9.85. The lowest BCUT2D eigenvalue weighted by Crippen LogP contribution is -2.17. The summed E-state index contributed by atoms with van der Waals surface area (Å²) in [6.45, 7) is 5.56. The van der Waals surface area contributed by atoms with Crippen LogP contribution in [0.15, 0.2) is 12.1 Å². The van der Waals surface area contributed by atoms with Crippen molar-refractivity contribution in [2.75, 3.05) is 5.32 Å². The summed E-state index contributed by atoms with van der Waals surface area (Å²) >= 11 is 5.98. The van der Waals surface area contributed by atoms with Crippen molar-refractivity contribution >= 4 is 17.4 Å². The van der Waals surface area contributed by atoms with Crippen molar-refractivity contribution in [3.8, 4) is 5.69 Å². The number of rotatable bonds is 4. The first-order valence-corrected chi connectivity index (χ1v) is 6.89. The lowest BCUT2D eigenvalue weighted by atomic mass is 10.2. The van der Waals surface area contributed by atoms with E-state index in [0.29, 0.717) is 23.6 Å². The van der Waals surface area contributed by atoms with Crippen LogP contribution >= 0.6 is 11.6 Å². The van der Waals surface area contributed by atoms with Crippen molar-refractivity contribution in [1.29, 1.82) is 0 Å². The highest BCUT2D eigenvalue weighted by Crippen LogP contribution is 2.30. The molecule has 0 radical (unpaired) electrons. The average Bonchev–Trinajstić information content (AvgIpc) is 2.64. The van der Waals surface area contributed by atoms with Gasteiger partial charge in [0.1, 0.15) is 17.3 Å². The Hall–Kier alpha value is -1.69. The van der Waals surface area contributed by atoms with Crippen molar-refractivity contribution in [3.05, 3.63) is 40.6 Å². The molecule has 7 heteroatoms. The molecule has 3 nitrogen and oxygen atoms in total. The smallest absolute Gasteiger partial charge is 0.209 e. The second-order valence-corrected chi connectivity index (χ2v) is 5.16. The number of anilines is 1. The summed E-state index contributed by atoms with van der Waals surface area (Å²) in [7, 11) is 0. The number of hydrogen-bond donors (Lipinski definition) is 1. The maximum Gasteiger partial charge on any atom is 0.209 e. The van der Waals surface area contributed by atoms with Gasteiger partial charge in [0.05, 0.1) is 5.69 Å². The molecule has 0 amide bonds. The Morgan fingerprint density at radius 2 is 1.86 bits per heavy atom. The molecule has 0 aliphatic rings. The number of imidazole rings is 1. The molecule has 0 bridgehead atoms. The van der Waals surface area contributed by atoms with Crippen LogP contribution in [0.3, 0.4) is 0 Å². The van der Waals surface area contributed by atoms with E-state index >= 15 is 0 Å². The lowest BCUT2D eigenvalue weighted by molar-refractivity contribution is 0.534. The van der Waals surface area contributed by atoms with Crippen LogP contribution in [-0.2, 0) is 0 Å². The van der Waals surface area contributed by atoms with Gasteiger partial charge < -0.3 is 5.32 Å². The van der Waals surface area contributed by atoms with Gasteiger partial charge in [-0.15, -0.1) is 0 Å². The molecule has 1 heterocycles. The molecule has 0 saturated carbocycles. The van der Waals surface area contributed by atoms with E-state index in [1.54, 1.807) is 6.92 Å². The van der Waals surface area contributed by atoms with Crippen molar-refractivity contribution in [2.24, 2.45) is 0 Å². The molecule has 0 aliphatic heterocycles. The topological polar surface area (TPSA) is 29.9 Å². The lowest BCUT2D eigenvalue weighted by Gasteiger charge is -2.17. The molecule has 21 heavy (non-hydrogen) atoms. The fraction of sp³-hybridized carbons (Fsp3) is 0.357. The van der Waals surface area contributed by atoms with E-state index in [0.717, 1.165) is 11.0 Å². The summed E-state index contributed by atoms with van der Waals surface area (Å²) in [6, 6.07) is 1.27. The van der Waals surface area contributed by atoms with Gasteiger partial charge in [-0.25, -0.2) is 18.2 Å². The Morgan fingerprint density at radius 1 is 1.29 bits per heavy atom. The number of hydrogen-bond acceptors (Lipinski definition) is 2.